The first-order chi connectivity index (χ1) is 8.04. The molecule has 0 aliphatic carbocycles. The summed E-state index contributed by atoms with van der Waals surface area (Å²) in [6.45, 7) is 4.97. The van der Waals surface area contributed by atoms with Crippen LogP contribution in [-0.4, -0.2) is 35.3 Å². The molecule has 5 nitrogen and oxygen atoms in total. The molecule has 5 heteroatoms. The van der Waals surface area contributed by atoms with Crippen molar-refractivity contribution < 1.29 is 4.79 Å². The first-order valence-electron chi connectivity index (χ1n) is 6.06. The number of likely N-dealkylation sites (N-methyl/N-ethyl adjacent to an activating group) is 1. The fourth-order valence-corrected chi connectivity index (χ4v) is 2.30. The van der Waals surface area contributed by atoms with E-state index in [0.29, 0.717) is 5.92 Å². The number of amides is 1. The third-order valence-corrected chi connectivity index (χ3v) is 3.23. The molecule has 1 aliphatic rings. The van der Waals surface area contributed by atoms with Crippen LogP contribution in [0.25, 0.3) is 0 Å². The number of aryl methyl sites for hydroxylation is 1. The van der Waals surface area contributed by atoms with Gasteiger partial charge in [0.25, 0.3) is 0 Å². The molecule has 1 atom stereocenters. The summed E-state index contributed by atoms with van der Waals surface area (Å²) in [5.41, 5.74) is 1.96. The Morgan fingerprint density at radius 1 is 1.53 bits per heavy atom. The molecule has 1 saturated heterocycles. The Morgan fingerprint density at radius 3 is 2.76 bits per heavy atom. The van der Waals surface area contributed by atoms with Gasteiger partial charge in [0.05, 0.1) is 17.4 Å². The van der Waals surface area contributed by atoms with Gasteiger partial charge in [-0.3, -0.25) is 9.48 Å². The number of rotatable bonds is 3. The van der Waals surface area contributed by atoms with E-state index in [-0.39, 0.29) is 11.9 Å². The SMILES string of the molecule is CNC1CCN(c2cn(C)nc2C(C)C)C1=O. The van der Waals surface area contributed by atoms with Crippen LogP contribution in [0.1, 0.15) is 31.9 Å². The molecule has 1 aromatic heterocycles. The number of anilines is 1. The Kier molecular flexibility index (Phi) is 3.19. The number of nitrogens with one attached hydrogen (secondary N) is 1. The highest BCUT2D eigenvalue weighted by molar-refractivity contribution is 5.99. The van der Waals surface area contributed by atoms with E-state index in [1.54, 1.807) is 4.68 Å². The van der Waals surface area contributed by atoms with Crippen molar-refractivity contribution in [3.8, 4) is 0 Å². The molecule has 94 valence electrons. The van der Waals surface area contributed by atoms with Gasteiger partial charge in [-0.25, -0.2) is 0 Å². The van der Waals surface area contributed by atoms with Crippen LogP contribution in [0.3, 0.4) is 0 Å². The standard InChI is InChI=1S/C12H20N4O/c1-8(2)11-10(7-15(4)14-11)16-6-5-9(13-3)12(16)17/h7-9,13H,5-6H2,1-4H3. The van der Waals surface area contributed by atoms with Crippen LogP contribution in [-0.2, 0) is 11.8 Å². The lowest BCUT2D eigenvalue weighted by atomic mass is 10.1. The Balaban J connectivity index is 2.32. The molecule has 1 fully saturated rings. The summed E-state index contributed by atoms with van der Waals surface area (Å²) in [7, 11) is 3.73. The van der Waals surface area contributed by atoms with Gasteiger partial charge in [0, 0.05) is 19.8 Å². The first-order valence-corrected chi connectivity index (χ1v) is 6.06. The number of nitrogens with zero attached hydrogens (tertiary/aromatic N) is 3. The molecule has 1 unspecified atom stereocenters. The highest BCUT2D eigenvalue weighted by atomic mass is 16.2. The van der Waals surface area contributed by atoms with Crippen LogP contribution in [0.2, 0.25) is 0 Å². The molecule has 2 heterocycles. The summed E-state index contributed by atoms with van der Waals surface area (Å²) in [6.07, 6.45) is 2.80. The second-order valence-corrected chi connectivity index (χ2v) is 4.85. The highest BCUT2D eigenvalue weighted by Gasteiger charge is 2.33. The van der Waals surface area contributed by atoms with Gasteiger partial charge in [-0.05, 0) is 19.4 Å². The summed E-state index contributed by atoms with van der Waals surface area (Å²) < 4.78 is 1.78. The minimum absolute atomic E-state index is 0.0461. The Hall–Kier alpha value is -1.36. The smallest absolute Gasteiger partial charge is 0.244 e. The number of carbonyl (C=O) groups excluding carboxylic acids is 1. The first kappa shape index (κ1) is 12.1. The van der Waals surface area contributed by atoms with Crippen molar-refractivity contribution >= 4 is 11.6 Å². The van der Waals surface area contributed by atoms with Crippen LogP contribution in [0.4, 0.5) is 5.69 Å². The van der Waals surface area contributed by atoms with E-state index in [1.165, 1.54) is 0 Å². The van der Waals surface area contributed by atoms with Crippen LogP contribution >= 0.6 is 0 Å². The van der Waals surface area contributed by atoms with Crippen molar-refractivity contribution in [2.45, 2.75) is 32.2 Å². The minimum Gasteiger partial charge on any atom is -0.309 e. The minimum atomic E-state index is -0.0461. The number of hydrogen-bond donors (Lipinski definition) is 1. The van der Waals surface area contributed by atoms with Crippen molar-refractivity contribution in [1.29, 1.82) is 0 Å². The molecule has 1 aromatic rings. The Morgan fingerprint density at radius 2 is 2.24 bits per heavy atom. The molecule has 1 N–H and O–H groups in total. The second kappa shape index (κ2) is 4.49. The largest absolute Gasteiger partial charge is 0.309 e. The van der Waals surface area contributed by atoms with Crippen LogP contribution in [0.5, 0.6) is 0 Å². The molecule has 17 heavy (non-hydrogen) atoms. The fraction of sp³-hybridized carbons (Fsp3) is 0.667. The maximum Gasteiger partial charge on any atom is 0.244 e. The summed E-state index contributed by atoms with van der Waals surface area (Å²) in [6, 6.07) is -0.0461. The molecule has 0 bridgehead atoms. The van der Waals surface area contributed by atoms with E-state index in [0.717, 1.165) is 24.3 Å². The molecule has 2 rings (SSSR count). The number of carbonyl (C=O) groups is 1. The van der Waals surface area contributed by atoms with Gasteiger partial charge in [-0.2, -0.15) is 5.10 Å². The van der Waals surface area contributed by atoms with Crippen molar-refractivity contribution in [3.63, 3.8) is 0 Å². The zero-order valence-electron chi connectivity index (χ0n) is 10.9. The summed E-state index contributed by atoms with van der Waals surface area (Å²) in [5, 5.41) is 7.49. The van der Waals surface area contributed by atoms with Crippen molar-refractivity contribution in [3.05, 3.63) is 11.9 Å². The lowest BCUT2D eigenvalue weighted by Crippen LogP contribution is -2.36. The molecular weight excluding hydrogens is 216 g/mol. The summed E-state index contributed by atoms with van der Waals surface area (Å²) >= 11 is 0. The zero-order valence-corrected chi connectivity index (χ0v) is 10.9. The lowest BCUT2D eigenvalue weighted by molar-refractivity contribution is -0.118. The Labute approximate surface area is 102 Å². The predicted molar refractivity (Wildman–Crippen MR) is 67.1 cm³/mol. The van der Waals surface area contributed by atoms with Gasteiger partial charge in [0.15, 0.2) is 0 Å². The fourth-order valence-electron chi connectivity index (χ4n) is 2.30. The maximum atomic E-state index is 12.1. The van der Waals surface area contributed by atoms with Gasteiger partial charge in [0.2, 0.25) is 5.91 Å². The van der Waals surface area contributed by atoms with Gasteiger partial charge in [0.1, 0.15) is 0 Å². The third kappa shape index (κ3) is 2.07. The van der Waals surface area contributed by atoms with Crippen molar-refractivity contribution in [2.24, 2.45) is 7.05 Å². The molecular formula is C12H20N4O. The highest BCUT2D eigenvalue weighted by Crippen LogP contribution is 2.29. The zero-order chi connectivity index (χ0) is 12.6. The molecule has 1 aliphatic heterocycles. The van der Waals surface area contributed by atoms with E-state index in [9.17, 15) is 4.79 Å². The van der Waals surface area contributed by atoms with E-state index >= 15 is 0 Å². The van der Waals surface area contributed by atoms with Crippen molar-refractivity contribution in [1.82, 2.24) is 15.1 Å². The van der Waals surface area contributed by atoms with Gasteiger partial charge in [-0.15, -0.1) is 0 Å². The summed E-state index contributed by atoms with van der Waals surface area (Å²) in [4.78, 5) is 14.0. The van der Waals surface area contributed by atoms with E-state index < -0.39 is 0 Å². The topological polar surface area (TPSA) is 50.2 Å². The van der Waals surface area contributed by atoms with Crippen LogP contribution in [0.15, 0.2) is 6.20 Å². The molecule has 0 radical (unpaired) electrons. The Bertz CT molecular complexity index is 424. The third-order valence-electron chi connectivity index (χ3n) is 3.23. The molecule has 1 amide bonds. The lowest BCUT2D eigenvalue weighted by Gasteiger charge is -2.17. The maximum absolute atomic E-state index is 12.1. The quantitative estimate of drug-likeness (QED) is 0.847. The second-order valence-electron chi connectivity index (χ2n) is 4.85. The van der Waals surface area contributed by atoms with Gasteiger partial charge in [-0.1, -0.05) is 13.8 Å². The van der Waals surface area contributed by atoms with Gasteiger partial charge < -0.3 is 10.2 Å². The van der Waals surface area contributed by atoms with E-state index in [4.69, 9.17) is 0 Å². The normalized spacial score (nSPS) is 20.6. The van der Waals surface area contributed by atoms with Gasteiger partial charge >= 0.3 is 0 Å². The molecule has 0 spiro atoms. The van der Waals surface area contributed by atoms with Crippen molar-refractivity contribution in [2.75, 3.05) is 18.5 Å². The predicted octanol–water partition coefficient (Wildman–Crippen LogP) is 0.868. The van der Waals surface area contributed by atoms with Crippen LogP contribution in [0, 0.1) is 0 Å². The molecule has 0 saturated carbocycles. The average molecular weight is 236 g/mol. The monoisotopic (exact) mass is 236 g/mol. The average Bonchev–Trinajstić information content (AvgIpc) is 2.81. The number of hydrogen-bond acceptors (Lipinski definition) is 3. The van der Waals surface area contributed by atoms with Crippen LogP contribution < -0.4 is 10.2 Å². The summed E-state index contributed by atoms with van der Waals surface area (Å²) in [5.74, 6) is 0.482. The van der Waals surface area contributed by atoms with E-state index in [1.807, 2.05) is 25.2 Å². The number of aromatic nitrogens is 2. The van der Waals surface area contributed by atoms with E-state index in [2.05, 4.69) is 24.3 Å². The molecule has 0 aromatic carbocycles.